The lowest BCUT2D eigenvalue weighted by molar-refractivity contribution is 0.172. The largest absolute Gasteiger partial charge is 0.486 e. The van der Waals surface area contributed by atoms with Gasteiger partial charge in [-0.2, -0.15) is 0 Å². The average Bonchev–Trinajstić information content (AvgIpc) is 2.92. The fourth-order valence-electron chi connectivity index (χ4n) is 2.83. The zero-order valence-corrected chi connectivity index (χ0v) is 12.7. The predicted octanol–water partition coefficient (Wildman–Crippen LogP) is 3.24. The number of anilines is 1. The molecule has 5 nitrogen and oxygen atoms in total. The first kappa shape index (κ1) is 13.7. The van der Waals surface area contributed by atoms with Crippen LogP contribution in [0.25, 0.3) is 22.4 Å². The number of fused-ring (bicyclic) bond motifs is 2. The van der Waals surface area contributed by atoms with E-state index < -0.39 is 0 Å². The van der Waals surface area contributed by atoms with Crippen molar-refractivity contribution in [1.29, 1.82) is 0 Å². The van der Waals surface area contributed by atoms with Gasteiger partial charge in [0.1, 0.15) is 19.0 Å². The molecule has 0 saturated carbocycles. The summed E-state index contributed by atoms with van der Waals surface area (Å²) in [6, 6.07) is 11.6. The maximum atomic E-state index is 5.78. The lowest BCUT2D eigenvalue weighted by Crippen LogP contribution is -2.15. The number of ether oxygens (including phenoxy) is 2. The number of hydrogen-bond acceptors (Lipinski definition) is 4. The van der Waals surface area contributed by atoms with Gasteiger partial charge in [-0.3, -0.25) is 0 Å². The second-order valence-corrected chi connectivity index (χ2v) is 5.44. The molecule has 3 aromatic rings. The smallest absolute Gasteiger partial charge is 0.163 e. The first-order valence-electron chi connectivity index (χ1n) is 7.53. The van der Waals surface area contributed by atoms with E-state index >= 15 is 0 Å². The molecule has 2 aromatic carbocycles. The topological polar surface area (TPSA) is 62.3 Å². The number of nitrogens with two attached hydrogens (primary N) is 1. The van der Waals surface area contributed by atoms with E-state index in [-0.39, 0.29) is 0 Å². The minimum atomic E-state index is 0.566. The molecule has 1 aliphatic heterocycles. The van der Waals surface area contributed by atoms with E-state index in [2.05, 4.69) is 11.1 Å². The number of allylic oxidation sites excluding steroid dienone is 1. The highest BCUT2D eigenvalue weighted by Gasteiger charge is 2.18. The van der Waals surface area contributed by atoms with Crippen LogP contribution in [0.15, 0.2) is 49.1 Å². The summed E-state index contributed by atoms with van der Waals surface area (Å²) >= 11 is 0. The number of rotatable bonds is 3. The quantitative estimate of drug-likeness (QED) is 0.596. The Morgan fingerprint density at radius 3 is 2.52 bits per heavy atom. The summed E-state index contributed by atoms with van der Waals surface area (Å²) in [4.78, 5) is 4.78. The summed E-state index contributed by atoms with van der Waals surface area (Å²) in [5.41, 5.74) is 9.41. The molecule has 4 rings (SSSR count). The molecule has 1 aliphatic rings. The van der Waals surface area contributed by atoms with Gasteiger partial charge in [-0.25, -0.2) is 4.98 Å². The van der Waals surface area contributed by atoms with Gasteiger partial charge >= 0.3 is 0 Å². The van der Waals surface area contributed by atoms with E-state index in [0.717, 1.165) is 39.6 Å². The molecule has 0 aliphatic carbocycles. The predicted molar refractivity (Wildman–Crippen MR) is 90.8 cm³/mol. The molecule has 23 heavy (non-hydrogen) atoms. The highest BCUT2D eigenvalue weighted by molar-refractivity contribution is 5.84. The van der Waals surface area contributed by atoms with Crippen LogP contribution in [0.5, 0.6) is 11.5 Å². The van der Waals surface area contributed by atoms with Crippen LogP contribution >= 0.6 is 0 Å². The van der Waals surface area contributed by atoms with Gasteiger partial charge in [0.15, 0.2) is 11.5 Å². The molecule has 0 spiro atoms. The van der Waals surface area contributed by atoms with Crippen molar-refractivity contribution in [2.45, 2.75) is 6.54 Å². The van der Waals surface area contributed by atoms with Crippen molar-refractivity contribution in [2.75, 3.05) is 18.9 Å². The van der Waals surface area contributed by atoms with Crippen LogP contribution in [0.4, 0.5) is 5.69 Å². The van der Waals surface area contributed by atoms with E-state index in [4.69, 9.17) is 20.2 Å². The van der Waals surface area contributed by atoms with Gasteiger partial charge in [-0.05, 0) is 24.3 Å². The van der Waals surface area contributed by atoms with Gasteiger partial charge in [0.25, 0.3) is 0 Å². The Bertz CT molecular complexity index is 881. The molecule has 0 radical (unpaired) electrons. The number of imidazole rings is 1. The van der Waals surface area contributed by atoms with E-state index in [1.54, 1.807) is 0 Å². The second kappa shape index (κ2) is 5.35. The molecule has 2 N–H and O–H groups in total. The van der Waals surface area contributed by atoms with E-state index in [1.165, 1.54) is 0 Å². The molecule has 0 saturated heterocycles. The van der Waals surface area contributed by atoms with Crippen molar-refractivity contribution >= 4 is 16.7 Å². The van der Waals surface area contributed by atoms with Crippen molar-refractivity contribution in [2.24, 2.45) is 0 Å². The standard InChI is InChI=1S/C18H17N3O2/c1-2-7-21-15-11-17-16(22-8-9-23-17)10-14(15)20-18(21)12-3-5-13(19)6-4-12/h2-6,10-11H,1,7-9,19H2. The van der Waals surface area contributed by atoms with Crippen molar-refractivity contribution < 1.29 is 9.47 Å². The molecule has 5 heteroatoms. The van der Waals surface area contributed by atoms with Crippen LogP contribution < -0.4 is 15.2 Å². The molecule has 0 unspecified atom stereocenters. The zero-order chi connectivity index (χ0) is 15.8. The van der Waals surface area contributed by atoms with E-state index in [9.17, 15) is 0 Å². The zero-order valence-electron chi connectivity index (χ0n) is 12.7. The normalized spacial score (nSPS) is 13.2. The molecule has 0 fully saturated rings. The SMILES string of the molecule is C=CCn1c(-c2ccc(N)cc2)nc2cc3c(cc21)OCCO3. The summed E-state index contributed by atoms with van der Waals surface area (Å²) in [5.74, 6) is 2.39. The van der Waals surface area contributed by atoms with Crippen LogP contribution in [-0.2, 0) is 6.54 Å². The summed E-state index contributed by atoms with van der Waals surface area (Å²) < 4.78 is 13.5. The maximum absolute atomic E-state index is 5.78. The van der Waals surface area contributed by atoms with E-state index in [1.807, 2.05) is 42.5 Å². The molecule has 116 valence electrons. The van der Waals surface area contributed by atoms with Crippen LogP contribution in [-0.4, -0.2) is 22.8 Å². The third-order valence-electron chi connectivity index (χ3n) is 3.89. The number of benzene rings is 2. The van der Waals surface area contributed by atoms with Gasteiger partial charge < -0.3 is 19.8 Å². The van der Waals surface area contributed by atoms with Gasteiger partial charge in [0.2, 0.25) is 0 Å². The molecular weight excluding hydrogens is 290 g/mol. The summed E-state index contributed by atoms with van der Waals surface area (Å²) in [7, 11) is 0. The van der Waals surface area contributed by atoms with Crippen LogP contribution in [0.1, 0.15) is 0 Å². The molecule has 2 heterocycles. The third-order valence-corrected chi connectivity index (χ3v) is 3.89. The Kier molecular flexibility index (Phi) is 3.19. The number of nitrogens with zero attached hydrogens (tertiary/aromatic N) is 2. The monoisotopic (exact) mass is 307 g/mol. The van der Waals surface area contributed by atoms with Crippen molar-refractivity contribution in [3.8, 4) is 22.9 Å². The molecular formula is C18H17N3O2. The first-order valence-corrected chi connectivity index (χ1v) is 7.53. The van der Waals surface area contributed by atoms with Crippen LogP contribution in [0, 0.1) is 0 Å². The van der Waals surface area contributed by atoms with Crippen LogP contribution in [0.3, 0.4) is 0 Å². The molecule has 1 aromatic heterocycles. The van der Waals surface area contributed by atoms with Crippen molar-refractivity contribution in [3.63, 3.8) is 0 Å². The number of aromatic nitrogens is 2. The van der Waals surface area contributed by atoms with Gasteiger partial charge in [-0.15, -0.1) is 6.58 Å². The van der Waals surface area contributed by atoms with Gasteiger partial charge in [-0.1, -0.05) is 6.08 Å². The molecule has 0 amide bonds. The number of hydrogen-bond donors (Lipinski definition) is 1. The lowest BCUT2D eigenvalue weighted by Gasteiger charge is -2.18. The molecule has 0 bridgehead atoms. The molecule has 0 atom stereocenters. The Morgan fingerprint density at radius 2 is 1.83 bits per heavy atom. The fraction of sp³-hybridized carbons (Fsp3) is 0.167. The Labute approximate surface area is 134 Å². The number of nitrogen functional groups attached to an aromatic ring is 1. The Hall–Kier alpha value is -2.95. The minimum absolute atomic E-state index is 0.566. The van der Waals surface area contributed by atoms with Crippen molar-refractivity contribution in [1.82, 2.24) is 9.55 Å². The highest BCUT2D eigenvalue weighted by Crippen LogP contribution is 2.36. The average molecular weight is 307 g/mol. The lowest BCUT2D eigenvalue weighted by atomic mass is 10.2. The third kappa shape index (κ3) is 2.30. The van der Waals surface area contributed by atoms with Crippen LogP contribution in [0.2, 0.25) is 0 Å². The summed E-state index contributed by atoms with van der Waals surface area (Å²) in [6.07, 6.45) is 1.86. The summed E-state index contributed by atoms with van der Waals surface area (Å²) in [6.45, 7) is 5.65. The van der Waals surface area contributed by atoms with Crippen molar-refractivity contribution in [3.05, 3.63) is 49.1 Å². The maximum Gasteiger partial charge on any atom is 0.163 e. The minimum Gasteiger partial charge on any atom is -0.486 e. The Morgan fingerprint density at radius 1 is 1.13 bits per heavy atom. The Balaban J connectivity index is 1.94. The summed E-state index contributed by atoms with van der Waals surface area (Å²) in [5, 5.41) is 0. The highest BCUT2D eigenvalue weighted by atomic mass is 16.6. The fourth-order valence-corrected chi connectivity index (χ4v) is 2.83. The van der Waals surface area contributed by atoms with Gasteiger partial charge in [0, 0.05) is 29.9 Å². The van der Waals surface area contributed by atoms with Gasteiger partial charge in [0.05, 0.1) is 11.0 Å². The second-order valence-electron chi connectivity index (χ2n) is 5.44. The van der Waals surface area contributed by atoms with E-state index in [0.29, 0.717) is 19.8 Å². The first-order chi connectivity index (χ1) is 11.3.